The van der Waals surface area contributed by atoms with Crippen LogP contribution in [0.4, 0.5) is 0 Å². The van der Waals surface area contributed by atoms with Gasteiger partial charge < -0.3 is 31.6 Å². The first-order valence-corrected chi connectivity index (χ1v) is 8.86. The van der Waals surface area contributed by atoms with Crippen molar-refractivity contribution in [2.75, 3.05) is 12.4 Å². The highest BCUT2D eigenvalue weighted by Crippen LogP contribution is 2.18. The first kappa shape index (κ1) is 20.7. The van der Waals surface area contributed by atoms with E-state index < -0.39 is 42.5 Å². The van der Waals surface area contributed by atoms with Crippen molar-refractivity contribution in [3.63, 3.8) is 0 Å². The third-order valence-electron chi connectivity index (χ3n) is 4.06. The van der Waals surface area contributed by atoms with Crippen molar-refractivity contribution in [2.24, 2.45) is 5.73 Å². The lowest BCUT2D eigenvalue weighted by atomic mass is 10.0. The summed E-state index contributed by atoms with van der Waals surface area (Å²) < 4.78 is 0. The van der Waals surface area contributed by atoms with Crippen LogP contribution in [-0.4, -0.2) is 63.5 Å². The minimum absolute atomic E-state index is 0.132. The Balaban J connectivity index is 1.98. The summed E-state index contributed by atoms with van der Waals surface area (Å²) in [4.78, 5) is 38.4. The number of hydrogen-bond acceptors (Lipinski definition) is 6. The molecule has 1 heterocycles. The fourth-order valence-electron chi connectivity index (χ4n) is 2.56. The first-order chi connectivity index (χ1) is 12.9. The van der Waals surface area contributed by atoms with Gasteiger partial charge in [0.05, 0.1) is 12.6 Å². The number of carbonyl (C=O) groups is 3. The molecule has 0 aliphatic rings. The van der Waals surface area contributed by atoms with Crippen molar-refractivity contribution in [1.82, 2.24) is 15.6 Å². The molecule has 1 aromatic carbocycles. The number of aromatic amines is 1. The van der Waals surface area contributed by atoms with E-state index in [2.05, 4.69) is 28.2 Å². The van der Waals surface area contributed by atoms with Gasteiger partial charge in [0, 0.05) is 22.9 Å². The fourth-order valence-corrected chi connectivity index (χ4v) is 2.81. The molecule has 2 rings (SSSR count). The molecule has 3 unspecified atom stereocenters. The second kappa shape index (κ2) is 9.40. The summed E-state index contributed by atoms with van der Waals surface area (Å²) in [7, 11) is 0. The highest BCUT2D eigenvalue weighted by Gasteiger charge is 2.27. The van der Waals surface area contributed by atoms with Crippen LogP contribution in [0, 0.1) is 0 Å². The van der Waals surface area contributed by atoms with Gasteiger partial charge in [0.25, 0.3) is 0 Å². The van der Waals surface area contributed by atoms with Gasteiger partial charge in [-0.2, -0.15) is 12.6 Å². The van der Waals surface area contributed by atoms with E-state index in [0.717, 1.165) is 16.5 Å². The van der Waals surface area contributed by atoms with Crippen LogP contribution in [0.25, 0.3) is 10.9 Å². The predicted molar refractivity (Wildman–Crippen MR) is 102 cm³/mol. The quantitative estimate of drug-likeness (QED) is 0.271. The molecule has 1 aromatic heterocycles. The monoisotopic (exact) mass is 394 g/mol. The zero-order chi connectivity index (χ0) is 20.0. The molecule has 0 saturated heterocycles. The summed E-state index contributed by atoms with van der Waals surface area (Å²) in [6.07, 6.45) is 1.99. The number of hydrogen-bond donors (Lipinski definition) is 7. The van der Waals surface area contributed by atoms with Crippen LogP contribution in [-0.2, 0) is 20.8 Å². The highest BCUT2D eigenvalue weighted by atomic mass is 32.1. The molecule has 0 spiro atoms. The molecule has 0 radical (unpaired) electrons. The van der Waals surface area contributed by atoms with Crippen LogP contribution in [0.2, 0.25) is 0 Å². The lowest BCUT2D eigenvalue weighted by Gasteiger charge is -2.20. The van der Waals surface area contributed by atoms with E-state index >= 15 is 0 Å². The maximum Gasteiger partial charge on any atom is 0.327 e. The maximum atomic E-state index is 12.3. The number of aliphatic hydroxyl groups excluding tert-OH is 1. The second-order valence-corrected chi connectivity index (χ2v) is 6.36. The third-order valence-corrected chi connectivity index (χ3v) is 4.43. The van der Waals surface area contributed by atoms with Crippen LogP contribution < -0.4 is 16.4 Å². The smallest absolute Gasteiger partial charge is 0.327 e. The molecule has 3 atom stereocenters. The van der Waals surface area contributed by atoms with Gasteiger partial charge in [-0.15, -0.1) is 0 Å². The summed E-state index contributed by atoms with van der Waals surface area (Å²) in [6.45, 7) is -0.698. The summed E-state index contributed by atoms with van der Waals surface area (Å²) in [5.74, 6) is -2.86. The number of nitrogens with one attached hydrogen (secondary N) is 3. The molecule has 0 aliphatic carbocycles. The predicted octanol–water partition coefficient (Wildman–Crippen LogP) is -0.986. The molecular weight excluding hydrogens is 372 g/mol. The van der Waals surface area contributed by atoms with Crippen molar-refractivity contribution >= 4 is 41.3 Å². The molecule has 0 saturated carbocycles. The van der Waals surface area contributed by atoms with Gasteiger partial charge in [-0.1, -0.05) is 18.2 Å². The number of rotatable bonds is 9. The normalized spacial score (nSPS) is 14.3. The second-order valence-electron chi connectivity index (χ2n) is 6.00. The Bertz CT molecular complexity index is 825. The van der Waals surface area contributed by atoms with E-state index in [0.29, 0.717) is 0 Å². The number of fused-ring (bicyclic) bond motifs is 1. The number of carboxylic acids is 1. The number of carboxylic acid groups (broad SMARTS) is 1. The Labute approximate surface area is 160 Å². The van der Waals surface area contributed by atoms with Gasteiger partial charge in [-0.05, 0) is 18.1 Å². The number of thiol groups is 1. The molecular formula is C17H22N4O5S. The number of nitrogens with two attached hydrogens (primary N) is 1. The SMILES string of the molecule is NC(Cc1c[nH]c2ccccc12)C(=O)NC(CO)C(=O)NC(CS)C(=O)O. The Morgan fingerprint density at radius 3 is 2.44 bits per heavy atom. The number of aliphatic hydroxyl groups is 1. The molecule has 9 nitrogen and oxygen atoms in total. The lowest BCUT2D eigenvalue weighted by molar-refractivity contribution is -0.141. The van der Waals surface area contributed by atoms with Gasteiger partial charge in [-0.25, -0.2) is 4.79 Å². The first-order valence-electron chi connectivity index (χ1n) is 8.23. The van der Waals surface area contributed by atoms with Crippen molar-refractivity contribution in [1.29, 1.82) is 0 Å². The van der Waals surface area contributed by atoms with E-state index in [9.17, 15) is 19.5 Å². The van der Waals surface area contributed by atoms with Crippen molar-refractivity contribution in [3.8, 4) is 0 Å². The molecule has 0 fully saturated rings. The van der Waals surface area contributed by atoms with Crippen LogP contribution in [0.3, 0.4) is 0 Å². The Morgan fingerprint density at radius 2 is 1.81 bits per heavy atom. The zero-order valence-electron chi connectivity index (χ0n) is 14.4. The minimum atomic E-state index is -1.31. The van der Waals surface area contributed by atoms with Crippen LogP contribution in [0.5, 0.6) is 0 Å². The van der Waals surface area contributed by atoms with E-state index in [1.165, 1.54) is 0 Å². The van der Waals surface area contributed by atoms with E-state index in [4.69, 9.17) is 10.8 Å². The summed E-state index contributed by atoms with van der Waals surface area (Å²) in [6, 6.07) is 4.06. The summed E-state index contributed by atoms with van der Waals surface area (Å²) in [5.41, 5.74) is 7.70. The molecule has 0 aliphatic heterocycles. The Hall–Kier alpha value is -2.56. The number of carbonyl (C=O) groups excluding carboxylic acids is 2. The Morgan fingerprint density at radius 1 is 1.15 bits per heavy atom. The number of benzene rings is 1. The van der Waals surface area contributed by atoms with Crippen LogP contribution >= 0.6 is 12.6 Å². The van der Waals surface area contributed by atoms with E-state index in [1.54, 1.807) is 6.20 Å². The molecule has 0 bridgehead atoms. The molecule has 27 heavy (non-hydrogen) atoms. The van der Waals surface area contributed by atoms with Crippen LogP contribution in [0.15, 0.2) is 30.5 Å². The number of aliphatic carboxylic acids is 1. The topological polar surface area (TPSA) is 158 Å². The summed E-state index contributed by atoms with van der Waals surface area (Å²) >= 11 is 3.84. The number of amides is 2. The van der Waals surface area contributed by atoms with Gasteiger partial charge >= 0.3 is 5.97 Å². The number of para-hydroxylation sites is 1. The Kier molecular flexibility index (Phi) is 7.22. The number of aromatic nitrogens is 1. The minimum Gasteiger partial charge on any atom is -0.480 e. The fraction of sp³-hybridized carbons (Fsp3) is 0.353. The number of H-pyrrole nitrogens is 1. The van der Waals surface area contributed by atoms with E-state index in [1.807, 2.05) is 24.3 Å². The standard InChI is InChI=1S/C17H22N4O5S/c18-11(5-9-6-19-12-4-2-1-3-10(9)12)15(23)20-13(7-22)16(24)21-14(8-27)17(25)26/h1-4,6,11,13-14,19,22,27H,5,7-8,18H2,(H,20,23)(H,21,24)(H,25,26). The third kappa shape index (κ3) is 5.22. The average Bonchev–Trinajstić information content (AvgIpc) is 3.06. The van der Waals surface area contributed by atoms with Gasteiger partial charge in [0.2, 0.25) is 11.8 Å². The zero-order valence-corrected chi connectivity index (χ0v) is 15.3. The van der Waals surface area contributed by atoms with Crippen molar-refractivity contribution in [2.45, 2.75) is 24.5 Å². The van der Waals surface area contributed by atoms with Gasteiger partial charge in [0.1, 0.15) is 12.1 Å². The summed E-state index contributed by atoms with van der Waals surface area (Å²) in [5, 5.41) is 23.8. The molecule has 10 heteroatoms. The molecule has 2 amide bonds. The molecule has 146 valence electrons. The molecule has 7 N–H and O–H groups in total. The van der Waals surface area contributed by atoms with Crippen molar-refractivity contribution in [3.05, 3.63) is 36.0 Å². The van der Waals surface area contributed by atoms with Gasteiger partial charge in [-0.3, -0.25) is 9.59 Å². The van der Waals surface area contributed by atoms with Crippen LogP contribution in [0.1, 0.15) is 5.56 Å². The van der Waals surface area contributed by atoms with Gasteiger partial charge in [0.15, 0.2) is 0 Å². The largest absolute Gasteiger partial charge is 0.480 e. The van der Waals surface area contributed by atoms with Crippen molar-refractivity contribution < 1.29 is 24.6 Å². The highest BCUT2D eigenvalue weighted by molar-refractivity contribution is 7.80. The lowest BCUT2D eigenvalue weighted by Crippen LogP contribution is -2.56. The molecule has 2 aromatic rings. The average molecular weight is 394 g/mol. The maximum absolute atomic E-state index is 12.3. The van der Waals surface area contributed by atoms with E-state index in [-0.39, 0.29) is 12.2 Å².